The molecule has 370 valence electrons. The summed E-state index contributed by atoms with van der Waals surface area (Å²) in [5, 5.41) is 11.0. The first-order valence-corrected chi connectivity index (χ1v) is 25.0. The van der Waals surface area contributed by atoms with Gasteiger partial charge in [0, 0.05) is 56.1 Å². The van der Waals surface area contributed by atoms with Gasteiger partial charge in [0.25, 0.3) is 0 Å². The molecule has 0 aromatic heterocycles. The van der Waals surface area contributed by atoms with E-state index in [2.05, 4.69) is 96.5 Å². The minimum atomic E-state index is -0.547. The molecule has 4 saturated carbocycles. The van der Waals surface area contributed by atoms with Crippen molar-refractivity contribution in [1.82, 2.24) is 16.0 Å². The fourth-order valence-electron chi connectivity index (χ4n) is 8.59. The quantitative estimate of drug-likeness (QED) is 0.122. The number of carbonyl (C=O) groups excluding carboxylic acids is 3. The summed E-state index contributed by atoms with van der Waals surface area (Å²) >= 11 is 0. The molecule has 4 aliphatic carbocycles. The second kappa shape index (κ2) is 25.9. The van der Waals surface area contributed by atoms with Gasteiger partial charge in [-0.3, -0.25) is 14.4 Å². The Morgan fingerprint density at radius 3 is 1.36 bits per heavy atom. The van der Waals surface area contributed by atoms with E-state index in [-0.39, 0.29) is 24.3 Å². The van der Waals surface area contributed by atoms with Crippen LogP contribution in [-0.2, 0) is 23.9 Å². The van der Waals surface area contributed by atoms with Gasteiger partial charge in [-0.1, -0.05) is 97.8 Å². The molecule has 0 saturated heterocycles. The lowest BCUT2D eigenvalue weighted by atomic mass is 9.88. The van der Waals surface area contributed by atoms with E-state index in [9.17, 15) is 14.4 Å². The first-order chi connectivity index (χ1) is 30.5. The minimum absolute atomic E-state index is 0. The van der Waals surface area contributed by atoms with Crippen LogP contribution in [-0.4, -0.2) is 72.2 Å². The topological polar surface area (TPSA) is 132 Å². The number of ether oxygens (including phenoxy) is 2. The van der Waals surface area contributed by atoms with Crippen molar-refractivity contribution in [1.29, 1.82) is 0 Å². The highest BCUT2D eigenvalue weighted by atomic mass is 35.5. The average Bonchev–Trinajstić information content (AvgIpc) is 4.18. The number of esters is 2. The minimum Gasteiger partial charge on any atom is -0.460 e. The highest BCUT2D eigenvalue weighted by molar-refractivity contribution is 5.85. The summed E-state index contributed by atoms with van der Waals surface area (Å²) in [5.41, 5.74) is 9.60. The van der Waals surface area contributed by atoms with Crippen molar-refractivity contribution in [3.05, 3.63) is 82.9 Å². The lowest BCUT2D eigenvalue weighted by molar-refractivity contribution is -0.166. The van der Waals surface area contributed by atoms with Crippen LogP contribution in [0.3, 0.4) is 0 Å². The van der Waals surface area contributed by atoms with Crippen LogP contribution in [0.25, 0.3) is 12.2 Å². The Morgan fingerprint density at radius 1 is 0.606 bits per heavy atom. The third-order valence-electron chi connectivity index (χ3n) is 13.0. The van der Waals surface area contributed by atoms with Gasteiger partial charge in [0.15, 0.2) is 0 Å². The van der Waals surface area contributed by atoms with Crippen LogP contribution in [0, 0.1) is 22.7 Å². The Morgan fingerprint density at radius 2 is 0.985 bits per heavy atom. The molecule has 4 fully saturated rings. The lowest BCUT2D eigenvalue weighted by Crippen LogP contribution is -2.46. The third kappa shape index (κ3) is 20.5. The molecule has 9 nitrogen and oxygen atoms in total. The zero-order valence-electron chi connectivity index (χ0n) is 42.9. The Hall–Kier alpha value is -3.34. The van der Waals surface area contributed by atoms with Crippen molar-refractivity contribution < 1.29 is 23.9 Å². The van der Waals surface area contributed by atoms with Gasteiger partial charge in [0.05, 0.1) is 10.8 Å². The molecule has 5 N–H and O–H groups in total. The summed E-state index contributed by atoms with van der Waals surface area (Å²) in [6.45, 7) is 24.9. The molecule has 66 heavy (non-hydrogen) atoms. The van der Waals surface area contributed by atoms with Gasteiger partial charge in [0.1, 0.15) is 17.0 Å². The number of hydrogen-bond donors (Lipinski definition) is 4. The lowest BCUT2D eigenvalue weighted by Gasteiger charge is -2.33. The second-order valence-corrected chi connectivity index (χ2v) is 22.5. The number of halogens is 1. The van der Waals surface area contributed by atoms with Crippen LogP contribution >= 0.6 is 12.4 Å². The van der Waals surface area contributed by atoms with Gasteiger partial charge in [0.2, 0.25) is 0 Å². The van der Waals surface area contributed by atoms with E-state index in [1.54, 1.807) is 5.57 Å². The Kier molecular flexibility index (Phi) is 22.3. The normalized spacial score (nSPS) is 23.8. The van der Waals surface area contributed by atoms with Crippen molar-refractivity contribution in [2.45, 2.75) is 202 Å². The van der Waals surface area contributed by atoms with Crippen LogP contribution in [0.4, 0.5) is 0 Å². The first kappa shape index (κ1) is 57.0. The van der Waals surface area contributed by atoms with Crippen molar-refractivity contribution in [2.24, 2.45) is 28.4 Å². The van der Waals surface area contributed by atoms with E-state index >= 15 is 0 Å². The number of hydrogen-bond acceptors (Lipinski definition) is 9. The Bertz CT molecular complexity index is 1850. The van der Waals surface area contributed by atoms with Crippen molar-refractivity contribution in [3.63, 3.8) is 0 Å². The van der Waals surface area contributed by atoms with E-state index < -0.39 is 22.0 Å². The van der Waals surface area contributed by atoms with Crippen LogP contribution < -0.4 is 21.7 Å². The molecule has 0 amide bonds. The highest BCUT2D eigenvalue weighted by Crippen LogP contribution is 2.41. The fourth-order valence-corrected chi connectivity index (χ4v) is 8.59. The van der Waals surface area contributed by atoms with E-state index in [1.807, 2.05) is 75.3 Å². The van der Waals surface area contributed by atoms with Crippen LogP contribution in [0.1, 0.15) is 171 Å². The molecule has 0 unspecified atom stereocenters. The maximum absolute atomic E-state index is 12.5. The van der Waals surface area contributed by atoms with Crippen molar-refractivity contribution in [3.8, 4) is 0 Å². The van der Waals surface area contributed by atoms with Gasteiger partial charge in [-0.15, -0.1) is 12.4 Å². The number of nitrogens with one attached hydrogen (secondary N) is 3. The van der Waals surface area contributed by atoms with E-state index in [0.29, 0.717) is 73.8 Å². The van der Waals surface area contributed by atoms with Gasteiger partial charge in [-0.05, 0) is 156 Å². The first-order valence-electron chi connectivity index (χ1n) is 25.0. The summed E-state index contributed by atoms with van der Waals surface area (Å²) in [4.78, 5) is 35.7. The zero-order chi connectivity index (χ0) is 48.0. The number of nitrogens with two attached hydrogens (primary N) is 1. The summed E-state index contributed by atoms with van der Waals surface area (Å²) < 4.78 is 11.0. The maximum atomic E-state index is 12.5. The molecular weight excluding hydrogens is 844 g/mol. The molecule has 2 aromatic rings. The predicted octanol–water partition coefficient (Wildman–Crippen LogP) is 11.4. The van der Waals surface area contributed by atoms with Gasteiger partial charge in [-0.25, -0.2) is 0 Å². The molecule has 2 aromatic carbocycles. The molecule has 0 heterocycles. The highest BCUT2D eigenvalue weighted by Gasteiger charge is 2.41. The summed E-state index contributed by atoms with van der Waals surface area (Å²) in [6.07, 6.45) is 17.2. The fraction of sp³-hybridized carbons (Fsp3) is 0.661. The number of ketones is 1. The Balaban J connectivity index is 0.000000288. The number of rotatable bonds is 16. The monoisotopic (exact) mass is 933 g/mol. The number of carbonyl (C=O) groups is 3. The van der Waals surface area contributed by atoms with Crippen LogP contribution in [0.5, 0.6) is 0 Å². The molecule has 4 atom stereocenters. The molecule has 0 spiro atoms. The standard InChI is InChI=1S/C28H44N2O2.C15H27NO3.C13H17N.ClH/c1-7-21(17-20-11-9-8-10-12-20)24-18-25(24)30-23-15-13-22(14-16-23)29-19-28(5,6)26(31)32-27(2,3)4;1-14(2,3)19-13(18)15(4,5)10-16-11-6-8-12(17)9-7-11;1-2-11(12-9-13(12)14)8-10-6-4-3-5-7-10;/h8-12,17,22-25,29-30H,7,13-16,18-19H2,1-6H3;11,16H,6-10H2,1-5H3;3-8,12-13H,2,9,14H2,1H3;1H/b21-17+;;11-8+;/t22?,23?,24-,25+;;12-,13+;/m0.1./s1. The van der Waals surface area contributed by atoms with E-state index in [0.717, 1.165) is 25.7 Å². The molecular formula is C56H89ClN4O5. The molecule has 10 heteroatoms. The van der Waals surface area contributed by atoms with Gasteiger partial charge in [-0.2, -0.15) is 0 Å². The molecule has 0 aliphatic heterocycles. The zero-order valence-corrected chi connectivity index (χ0v) is 43.7. The maximum Gasteiger partial charge on any atom is 0.313 e. The van der Waals surface area contributed by atoms with Crippen LogP contribution in [0.15, 0.2) is 71.8 Å². The average molecular weight is 934 g/mol. The van der Waals surface area contributed by atoms with Gasteiger partial charge >= 0.3 is 11.9 Å². The second-order valence-electron chi connectivity index (χ2n) is 22.5. The molecule has 0 radical (unpaired) electrons. The Labute approximate surface area is 406 Å². The van der Waals surface area contributed by atoms with Crippen LogP contribution in [0.2, 0.25) is 0 Å². The molecule has 4 aliphatic rings. The largest absolute Gasteiger partial charge is 0.460 e. The summed E-state index contributed by atoms with van der Waals surface area (Å²) in [5.74, 6) is 1.40. The van der Waals surface area contributed by atoms with Crippen molar-refractivity contribution >= 4 is 42.3 Å². The summed E-state index contributed by atoms with van der Waals surface area (Å²) in [7, 11) is 0. The predicted molar refractivity (Wildman–Crippen MR) is 276 cm³/mol. The van der Waals surface area contributed by atoms with E-state index in [4.69, 9.17) is 15.2 Å². The number of Topliss-reactive ketones (excluding diaryl/α,β-unsaturated/α-hetero) is 1. The summed E-state index contributed by atoms with van der Waals surface area (Å²) in [6, 6.07) is 23.7. The van der Waals surface area contributed by atoms with E-state index in [1.165, 1.54) is 55.2 Å². The van der Waals surface area contributed by atoms with Gasteiger partial charge < -0.3 is 31.2 Å². The molecule has 6 rings (SSSR count). The molecule has 0 bridgehead atoms. The van der Waals surface area contributed by atoms with Crippen molar-refractivity contribution in [2.75, 3.05) is 13.1 Å². The smallest absolute Gasteiger partial charge is 0.313 e. The SMILES string of the molecule is CC(C)(C)OC(=O)C(C)(C)CNC1CCC(=O)CC1.CC/C(=C\c1ccccc1)[C@@H]1C[C@H]1NC1CCC(NCC(C)(C)C(=O)OC(C)(C)C)CC1.CC/C(=C\c1ccccc1)[C@H]1C[C@@H]1N.Cl. The third-order valence-corrected chi connectivity index (χ3v) is 13.0. The number of benzene rings is 2.